The van der Waals surface area contributed by atoms with E-state index in [4.69, 9.17) is 0 Å². The van der Waals surface area contributed by atoms with E-state index in [0.29, 0.717) is 11.2 Å². The third kappa shape index (κ3) is 3.12. The molecule has 1 fully saturated rings. The fraction of sp³-hybridized carbons (Fsp3) is 0.368. The maximum absolute atomic E-state index is 12.9. The van der Waals surface area contributed by atoms with Gasteiger partial charge in [0.15, 0.2) is 0 Å². The smallest absolute Gasteiger partial charge is 0.420 e. The molecule has 0 aliphatic carbocycles. The molecule has 1 saturated heterocycles. The van der Waals surface area contributed by atoms with E-state index in [1.54, 1.807) is 4.90 Å². The van der Waals surface area contributed by atoms with E-state index in [1.807, 2.05) is 51.1 Å². The molecule has 1 aromatic rings. The molecule has 0 unspecified atom stereocenters. The van der Waals surface area contributed by atoms with E-state index in [1.165, 1.54) is 6.08 Å². The van der Waals surface area contributed by atoms with Crippen molar-refractivity contribution in [3.05, 3.63) is 48.2 Å². The average molecular weight is 358 g/mol. The number of nitrogens with zero attached hydrogens (tertiary/aromatic N) is 2. The van der Waals surface area contributed by atoms with Gasteiger partial charge in [0.25, 0.3) is 0 Å². The summed E-state index contributed by atoms with van der Waals surface area (Å²) in [6.45, 7) is 5.64. The lowest BCUT2D eigenvalue weighted by atomic mass is 9.66. The molecule has 138 valence electrons. The average Bonchev–Trinajstić information content (AvgIpc) is 2.62. The van der Waals surface area contributed by atoms with Gasteiger partial charge in [0, 0.05) is 11.7 Å². The fourth-order valence-corrected chi connectivity index (χ4v) is 3.11. The number of ether oxygens (including phenoxy) is 1. The van der Waals surface area contributed by atoms with Gasteiger partial charge < -0.3 is 14.4 Å². The van der Waals surface area contributed by atoms with Crippen molar-refractivity contribution in [1.82, 2.24) is 9.80 Å². The third-order valence-corrected chi connectivity index (χ3v) is 4.34. The number of carbonyl (C=O) groups excluding carboxylic acids is 4. The third-order valence-electron chi connectivity index (χ3n) is 4.34. The quantitative estimate of drug-likeness (QED) is 0.458. The van der Waals surface area contributed by atoms with Crippen LogP contribution in [0.2, 0.25) is 0 Å². The Labute approximate surface area is 152 Å². The Bertz CT molecular complexity index is 738. The molecule has 7 heteroatoms. The second-order valence-electron chi connectivity index (χ2n) is 7.01. The molecule has 3 amide bonds. The van der Waals surface area contributed by atoms with Crippen molar-refractivity contribution in [2.24, 2.45) is 5.41 Å². The molecule has 0 spiro atoms. The molecule has 7 nitrogen and oxygen atoms in total. The normalized spacial score (nSPS) is 22.7. The van der Waals surface area contributed by atoms with Crippen LogP contribution in [-0.4, -0.2) is 47.1 Å². The van der Waals surface area contributed by atoms with Gasteiger partial charge in [0.05, 0.1) is 13.2 Å². The number of β-lactam (4-membered cyclic amide) rings is 1. The number of aldehydes is 1. The summed E-state index contributed by atoms with van der Waals surface area (Å²) in [5.41, 5.74) is -1.22. The molecule has 0 N–H and O–H groups in total. The summed E-state index contributed by atoms with van der Waals surface area (Å²) < 4.78 is 4.49. The highest BCUT2D eigenvalue weighted by Gasteiger charge is 2.62. The van der Waals surface area contributed by atoms with E-state index in [9.17, 15) is 19.2 Å². The number of carbonyl (C=O) groups is 4. The van der Waals surface area contributed by atoms with E-state index in [-0.39, 0.29) is 12.3 Å². The Morgan fingerprint density at radius 3 is 2.31 bits per heavy atom. The molecule has 0 bridgehead atoms. The zero-order chi connectivity index (χ0) is 19.5. The van der Waals surface area contributed by atoms with Crippen LogP contribution in [0.15, 0.2) is 42.6 Å². The highest BCUT2D eigenvalue weighted by molar-refractivity contribution is 6.06. The summed E-state index contributed by atoms with van der Waals surface area (Å²) in [5.74, 6) is -0.388. The van der Waals surface area contributed by atoms with E-state index >= 15 is 0 Å². The first kappa shape index (κ1) is 19.4. The Morgan fingerprint density at radius 2 is 1.85 bits per heavy atom. The molecule has 1 heterocycles. The SMILES string of the molecule is COC(=O)N(C=O)/C=C/[C@@]1(C=O)C(=O)N(C(C)(C)C)[C@H]1c1ccccc1. The molecular weight excluding hydrogens is 336 g/mol. The topological polar surface area (TPSA) is 84.0 Å². The van der Waals surface area contributed by atoms with Gasteiger partial charge in [-0.3, -0.25) is 9.59 Å². The molecule has 2 atom stereocenters. The van der Waals surface area contributed by atoms with Crippen LogP contribution in [-0.2, 0) is 19.1 Å². The van der Waals surface area contributed by atoms with Crippen LogP contribution >= 0.6 is 0 Å². The van der Waals surface area contributed by atoms with Crippen LogP contribution in [0.4, 0.5) is 4.79 Å². The number of hydrogen-bond acceptors (Lipinski definition) is 5. The minimum Gasteiger partial charge on any atom is -0.452 e. The number of amides is 3. The van der Waals surface area contributed by atoms with Crippen LogP contribution in [0.5, 0.6) is 0 Å². The van der Waals surface area contributed by atoms with E-state index < -0.39 is 23.1 Å². The molecule has 0 aromatic heterocycles. The Morgan fingerprint density at radius 1 is 1.23 bits per heavy atom. The first-order valence-electron chi connectivity index (χ1n) is 8.09. The monoisotopic (exact) mass is 358 g/mol. The van der Waals surface area contributed by atoms with Crippen molar-refractivity contribution >= 4 is 24.7 Å². The second-order valence-corrected chi connectivity index (χ2v) is 7.01. The van der Waals surface area contributed by atoms with Crippen LogP contribution in [0, 0.1) is 5.41 Å². The van der Waals surface area contributed by atoms with Crippen molar-refractivity contribution in [2.75, 3.05) is 7.11 Å². The highest BCUT2D eigenvalue weighted by Crippen LogP contribution is 2.53. The van der Waals surface area contributed by atoms with Crippen LogP contribution in [0.1, 0.15) is 32.4 Å². The standard InChI is InChI=1S/C19H22N2O5/c1-18(2,3)21-15(14-8-6-5-7-9-14)19(12-22,16(21)24)10-11-20(13-23)17(25)26-4/h5-13,15H,1-4H3/b11-10+/t15-,19-/m0/s1. The largest absolute Gasteiger partial charge is 0.452 e. The van der Waals surface area contributed by atoms with Crippen LogP contribution in [0.3, 0.4) is 0 Å². The minimum atomic E-state index is -1.50. The molecule has 0 radical (unpaired) electrons. The van der Waals surface area contributed by atoms with Crippen LogP contribution in [0.25, 0.3) is 0 Å². The Balaban J connectivity index is 2.51. The van der Waals surface area contributed by atoms with Crippen molar-refractivity contribution < 1.29 is 23.9 Å². The number of hydrogen-bond donors (Lipinski definition) is 0. The van der Waals surface area contributed by atoms with Gasteiger partial charge in [0.2, 0.25) is 12.3 Å². The lowest BCUT2D eigenvalue weighted by Gasteiger charge is -2.58. The van der Waals surface area contributed by atoms with Gasteiger partial charge in [-0.1, -0.05) is 30.3 Å². The van der Waals surface area contributed by atoms with Crippen molar-refractivity contribution in [3.63, 3.8) is 0 Å². The summed E-state index contributed by atoms with van der Waals surface area (Å²) in [6.07, 6.45) is 2.29. The van der Waals surface area contributed by atoms with Crippen molar-refractivity contribution in [2.45, 2.75) is 32.4 Å². The second kappa shape index (κ2) is 7.11. The number of likely N-dealkylation sites (tertiary alicyclic amines) is 1. The molecule has 1 aromatic carbocycles. The van der Waals surface area contributed by atoms with Crippen molar-refractivity contribution in [3.8, 4) is 0 Å². The summed E-state index contributed by atoms with van der Waals surface area (Å²) in [5, 5.41) is 0. The van der Waals surface area contributed by atoms with Gasteiger partial charge in [-0.25, -0.2) is 9.69 Å². The zero-order valence-electron chi connectivity index (χ0n) is 15.2. The molecule has 1 aliphatic heterocycles. The van der Waals surface area contributed by atoms with Gasteiger partial charge in [0.1, 0.15) is 11.7 Å². The molecule has 26 heavy (non-hydrogen) atoms. The molecule has 1 aliphatic rings. The predicted molar refractivity (Wildman–Crippen MR) is 93.7 cm³/mol. The summed E-state index contributed by atoms with van der Waals surface area (Å²) in [7, 11) is 1.13. The maximum Gasteiger partial charge on any atom is 0.420 e. The van der Waals surface area contributed by atoms with E-state index in [2.05, 4.69) is 4.74 Å². The number of rotatable bonds is 5. The molecule has 0 saturated carbocycles. The fourth-order valence-electron chi connectivity index (χ4n) is 3.11. The first-order valence-corrected chi connectivity index (χ1v) is 8.09. The lowest BCUT2D eigenvalue weighted by Crippen LogP contribution is -2.68. The maximum atomic E-state index is 12.9. The minimum absolute atomic E-state index is 0.253. The van der Waals surface area contributed by atoms with Gasteiger partial charge in [-0.05, 0) is 32.4 Å². The van der Waals surface area contributed by atoms with Gasteiger partial charge in [-0.15, -0.1) is 0 Å². The van der Waals surface area contributed by atoms with E-state index in [0.717, 1.165) is 18.9 Å². The molecular formula is C19H22N2O5. The number of benzene rings is 1. The first-order chi connectivity index (χ1) is 12.2. The number of imide groups is 1. The lowest BCUT2D eigenvalue weighted by molar-refractivity contribution is -0.177. The summed E-state index contributed by atoms with van der Waals surface area (Å²) in [6, 6.07) is 8.61. The zero-order valence-corrected chi connectivity index (χ0v) is 15.2. The highest BCUT2D eigenvalue weighted by atomic mass is 16.5. The Hall–Kier alpha value is -2.96. The van der Waals surface area contributed by atoms with Crippen LogP contribution < -0.4 is 0 Å². The van der Waals surface area contributed by atoms with Gasteiger partial charge in [-0.2, -0.15) is 0 Å². The summed E-state index contributed by atoms with van der Waals surface area (Å²) in [4.78, 5) is 49.8. The molecule has 2 rings (SSSR count). The summed E-state index contributed by atoms with van der Waals surface area (Å²) >= 11 is 0. The van der Waals surface area contributed by atoms with Gasteiger partial charge >= 0.3 is 6.09 Å². The number of methoxy groups -OCH3 is 1. The Kier molecular flexibility index (Phi) is 5.30. The predicted octanol–water partition coefficient (Wildman–Crippen LogP) is 2.29. The van der Waals surface area contributed by atoms with Crippen molar-refractivity contribution in [1.29, 1.82) is 0 Å².